The number of anilines is 1. The Labute approximate surface area is 107 Å². The molecule has 6 nitrogen and oxygen atoms in total. The molecule has 0 spiro atoms. The van der Waals surface area contributed by atoms with Crippen molar-refractivity contribution in [2.45, 2.75) is 4.90 Å². The van der Waals surface area contributed by atoms with Crippen LogP contribution in [0, 0.1) is 0 Å². The van der Waals surface area contributed by atoms with Crippen LogP contribution in [-0.2, 0) is 10.0 Å². The number of aromatic amines is 1. The Morgan fingerprint density at radius 2 is 2.00 bits per heavy atom. The quantitative estimate of drug-likeness (QED) is 0.725. The van der Waals surface area contributed by atoms with Gasteiger partial charge in [0.25, 0.3) is 0 Å². The fraction of sp³-hybridized carbons (Fsp3) is 0. The molecule has 16 heavy (non-hydrogen) atoms. The number of aromatic nitrogens is 2. The number of sulfonamides is 1. The van der Waals surface area contributed by atoms with Gasteiger partial charge in [-0.15, -0.1) is 17.0 Å². The molecule has 0 radical (unpaired) electrons. The van der Waals surface area contributed by atoms with Crippen molar-refractivity contribution < 1.29 is 8.42 Å². The zero-order valence-electron chi connectivity index (χ0n) is 7.77. The molecule has 2 rings (SSSR count). The van der Waals surface area contributed by atoms with Gasteiger partial charge in [-0.3, -0.25) is 0 Å². The highest BCUT2D eigenvalue weighted by atomic mass is 79.9. The Morgan fingerprint density at radius 3 is 2.56 bits per heavy atom. The topological polar surface area (TPSA) is 115 Å². The van der Waals surface area contributed by atoms with Crippen LogP contribution < -0.4 is 10.9 Å². The Balaban J connectivity index is 0.00000128. The van der Waals surface area contributed by atoms with Gasteiger partial charge in [0.2, 0.25) is 10.0 Å². The molecule has 0 amide bonds. The second-order valence-electron chi connectivity index (χ2n) is 2.97. The first kappa shape index (κ1) is 13.2. The Bertz CT molecular complexity index is 639. The number of fused-ring (bicyclic) bond motifs is 1. The van der Waals surface area contributed by atoms with Gasteiger partial charge in [0.05, 0.1) is 16.1 Å². The Morgan fingerprint density at radius 1 is 1.38 bits per heavy atom. The molecule has 0 aliphatic rings. The van der Waals surface area contributed by atoms with Crippen LogP contribution in [0.2, 0.25) is 5.02 Å². The highest BCUT2D eigenvalue weighted by Gasteiger charge is 2.15. The molecule has 5 N–H and O–H groups in total. The van der Waals surface area contributed by atoms with Crippen molar-refractivity contribution in [1.82, 2.24) is 9.97 Å². The van der Waals surface area contributed by atoms with E-state index in [0.29, 0.717) is 11.0 Å². The Hall–Kier alpha value is -0.830. The number of benzene rings is 1. The van der Waals surface area contributed by atoms with Crippen LogP contribution in [0.1, 0.15) is 0 Å². The lowest BCUT2D eigenvalue weighted by molar-refractivity contribution is 0.598. The number of H-pyrrole nitrogens is 1. The van der Waals surface area contributed by atoms with Gasteiger partial charge in [-0.2, -0.15) is 0 Å². The summed E-state index contributed by atoms with van der Waals surface area (Å²) in [5.74, 6) is 0.188. The van der Waals surface area contributed by atoms with Crippen LogP contribution in [-0.4, -0.2) is 18.4 Å². The zero-order valence-corrected chi connectivity index (χ0v) is 11.1. The molecule has 0 aliphatic carbocycles. The monoisotopic (exact) mass is 326 g/mol. The van der Waals surface area contributed by atoms with Crippen molar-refractivity contribution in [3.05, 3.63) is 17.2 Å². The number of nitrogens with zero attached hydrogens (tertiary/aromatic N) is 1. The molecule has 0 atom stereocenters. The highest BCUT2D eigenvalue weighted by Crippen LogP contribution is 2.25. The molecule has 0 saturated heterocycles. The predicted molar refractivity (Wildman–Crippen MR) is 67.2 cm³/mol. The molecule has 9 heteroatoms. The van der Waals surface area contributed by atoms with E-state index in [1.807, 2.05) is 0 Å². The molecule has 0 unspecified atom stereocenters. The van der Waals surface area contributed by atoms with E-state index in [0.717, 1.165) is 0 Å². The standard InChI is InChI=1S/C7H7ClN4O2S.BrH/c8-3-1-4-5(12-7(9)11-4)2-6(3)15(10,13)14;/h1-2H,(H3,9,11,12)(H2,10,13,14);1H. The Kier molecular flexibility index (Phi) is 3.48. The largest absolute Gasteiger partial charge is 0.369 e. The second kappa shape index (κ2) is 4.21. The molecule has 88 valence electrons. The summed E-state index contributed by atoms with van der Waals surface area (Å²) in [6, 6.07) is 2.69. The number of hydrogen-bond acceptors (Lipinski definition) is 4. The van der Waals surface area contributed by atoms with Crippen molar-refractivity contribution in [2.75, 3.05) is 5.73 Å². The summed E-state index contributed by atoms with van der Waals surface area (Å²) in [5.41, 5.74) is 6.37. The lowest BCUT2D eigenvalue weighted by atomic mass is 10.3. The average molecular weight is 328 g/mol. The van der Waals surface area contributed by atoms with E-state index in [1.165, 1.54) is 12.1 Å². The second-order valence-corrected chi connectivity index (χ2v) is 4.90. The summed E-state index contributed by atoms with van der Waals surface area (Å²) in [6.07, 6.45) is 0. The summed E-state index contributed by atoms with van der Waals surface area (Å²) in [6.45, 7) is 0. The molecule has 0 aliphatic heterocycles. The van der Waals surface area contributed by atoms with Crippen molar-refractivity contribution in [3.63, 3.8) is 0 Å². The van der Waals surface area contributed by atoms with Crippen LogP contribution in [0.25, 0.3) is 11.0 Å². The third-order valence-corrected chi connectivity index (χ3v) is 3.24. The average Bonchev–Trinajstić information content (AvgIpc) is 2.40. The predicted octanol–water partition coefficient (Wildman–Crippen LogP) is 1.02. The van der Waals surface area contributed by atoms with Crippen LogP contribution in [0.4, 0.5) is 5.95 Å². The third-order valence-electron chi connectivity index (χ3n) is 1.86. The number of nitrogens with one attached hydrogen (secondary N) is 1. The molecule has 2 aromatic rings. The van der Waals surface area contributed by atoms with E-state index >= 15 is 0 Å². The first-order valence-electron chi connectivity index (χ1n) is 3.85. The van der Waals surface area contributed by atoms with Crippen LogP contribution in [0.15, 0.2) is 17.0 Å². The molecule has 0 fully saturated rings. The summed E-state index contributed by atoms with van der Waals surface area (Å²) >= 11 is 5.74. The van der Waals surface area contributed by atoms with E-state index in [2.05, 4.69) is 9.97 Å². The van der Waals surface area contributed by atoms with E-state index in [-0.39, 0.29) is 32.8 Å². The minimum absolute atomic E-state index is 0. The lowest BCUT2D eigenvalue weighted by Gasteiger charge is -2.00. The van der Waals surface area contributed by atoms with Gasteiger partial charge < -0.3 is 10.7 Å². The normalized spacial score (nSPS) is 11.4. The van der Waals surface area contributed by atoms with Gasteiger partial charge in [-0.05, 0) is 12.1 Å². The minimum atomic E-state index is -3.84. The number of nitrogen functional groups attached to an aromatic ring is 1. The lowest BCUT2D eigenvalue weighted by Crippen LogP contribution is -2.12. The highest BCUT2D eigenvalue weighted by molar-refractivity contribution is 8.93. The zero-order chi connectivity index (χ0) is 11.2. The first-order valence-corrected chi connectivity index (χ1v) is 5.78. The van der Waals surface area contributed by atoms with Gasteiger partial charge in [0.1, 0.15) is 4.90 Å². The maximum Gasteiger partial charge on any atom is 0.239 e. The van der Waals surface area contributed by atoms with E-state index in [1.54, 1.807) is 0 Å². The fourth-order valence-corrected chi connectivity index (χ4v) is 2.34. The number of primary sulfonamides is 1. The van der Waals surface area contributed by atoms with Gasteiger partial charge >= 0.3 is 0 Å². The van der Waals surface area contributed by atoms with Gasteiger partial charge in [-0.25, -0.2) is 18.5 Å². The minimum Gasteiger partial charge on any atom is -0.369 e. The number of halogens is 2. The fourth-order valence-electron chi connectivity index (χ4n) is 1.25. The van der Waals surface area contributed by atoms with Gasteiger partial charge in [0, 0.05) is 0 Å². The number of imidazole rings is 1. The van der Waals surface area contributed by atoms with Gasteiger partial charge in [0.15, 0.2) is 5.95 Å². The molecular formula is C7H8BrClN4O2S. The van der Waals surface area contributed by atoms with E-state index in [4.69, 9.17) is 22.5 Å². The van der Waals surface area contributed by atoms with E-state index < -0.39 is 10.0 Å². The maximum absolute atomic E-state index is 11.1. The molecule has 1 heterocycles. The van der Waals surface area contributed by atoms with Crippen molar-refractivity contribution in [3.8, 4) is 0 Å². The number of hydrogen-bond donors (Lipinski definition) is 3. The molecule has 0 saturated carbocycles. The van der Waals surface area contributed by atoms with Crippen LogP contribution >= 0.6 is 28.6 Å². The molecule has 1 aromatic heterocycles. The summed E-state index contributed by atoms with van der Waals surface area (Å²) in [7, 11) is -3.84. The SMILES string of the molecule is Br.Nc1nc2cc(Cl)c(S(N)(=O)=O)cc2[nH]1. The molecule has 1 aromatic carbocycles. The molecule has 0 bridgehead atoms. The number of nitrogens with two attached hydrogens (primary N) is 2. The summed E-state index contributed by atoms with van der Waals surface area (Å²) < 4.78 is 22.3. The summed E-state index contributed by atoms with van der Waals surface area (Å²) in [5, 5.41) is 5.00. The smallest absolute Gasteiger partial charge is 0.239 e. The van der Waals surface area contributed by atoms with Crippen molar-refractivity contribution in [1.29, 1.82) is 0 Å². The number of rotatable bonds is 1. The summed E-state index contributed by atoms with van der Waals surface area (Å²) in [4.78, 5) is 6.43. The van der Waals surface area contributed by atoms with Gasteiger partial charge in [-0.1, -0.05) is 11.6 Å². The van der Waals surface area contributed by atoms with Crippen LogP contribution in [0.3, 0.4) is 0 Å². The molecular weight excluding hydrogens is 320 g/mol. The third kappa shape index (κ3) is 2.29. The van der Waals surface area contributed by atoms with Crippen LogP contribution in [0.5, 0.6) is 0 Å². The van der Waals surface area contributed by atoms with Crippen molar-refractivity contribution >= 4 is 55.6 Å². The maximum atomic E-state index is 11.1. The van der Waals surface area contributed by atoms with E-state index in [9.17, 15) is 8.42 Å². The first-order chi connectivity index (χ1) is 6.88. The van der Waals surface area contributed by atoms with Crippen molar-refractivity contribution in [2.24, 2.45) is 5.14 Å².